The van der Waals surface area contributed by atoms with Crippen LogP contribution in [0.2, 0.25) is 0 Å². The minimum atomic E-state index is -3.78. The Balaban J connectivity index is 1.99. The zero-order valence-corrected chi connectivity index (χ0v) is 11.3. The minimum Gasteiger partial charge on any atom is -0.266 e. The van der Waals surface area contributed by atoms with Crippen LogP contribution in [0.5, 0.6) is 0 Å². The van der Waals surface area contributed by atoms with Crippen LogP contribution in [0.15, 0.2) is 35.2 Å². The SMILES string of the molecule is O=S1(=O)CC[C@@H](COS(=O)(=O)c2ccccc2)C1. The standard InChI is InChI=1S/C11H14O5S2/c12-17(13)7-6-10(9-17)8-16-18(14,15)11-4-2-1-3-5-11/h1-5,10H,6-9H2/t10-/m0/s1. The molecular formula is C11H14O5S2. The number of hydrogen-bond donors (Lipinski definition) is 0. The molecule has 0 bridgehead atoms. The van der Waals surface area contributed by atoms with Crippen LogP contribution in [0.1, 0.15) is 6.42 Å². The van der Waals surface area contributed by atoms with Gasteiger partial charge in [0.15, 0.2) is 9.84 Å². The molecule has 18 heavy (non-hydrogen) atoms. The van der Waals surface area contributed by atoms with E-state index in [0.717, 1.165) is 0 Å². The quantitative estimate of drug-likeness (QED) is 0.767. The summed E-state index contributed by atoms with van der Waals surface area (Å²) in [6.45, 7) is -0.0730. The summed E-state index contributed by atoms with van der Waals surface area (Å²) in [6.07, 6.45) is 0.465. The molecule has 0 N–H and O–H groups in total. The highest BCUT2D eigenvalue weighted by molar-refractivity contribution is 7.91. The van der Waals surface area contributed by atoms with Gasteiger partial charge >= 0.3 is 0 Å². The van der Waals surface area contributed by atoms with Crippen molar-refractivity contribution in [3.05, 3.63) is 30.3 Å². The van der Waals surface area contributed by atoms with Crippen LogP contribution < -0.4 is 0 Å². The maximum Gasteiger partial charge on any atom is 0.296 e. The van der Waals surface area contributed by atoms with Crippen LogP contribution >= 0.6 is 0 Å². The van der Waals surface area contributed by atoms with Gasteiger partial charge < -0.3 is 0 Å². The maximum absolute atomic E-state index is 11.8. The van der Waals surface area contributed by atoms with Crippen molar-refractivity contribution in [1.29, 1.82) is 0 Å². The number of rotatable bonds is 4. The van der Waals surface area contributed by atoms with Crippen molar-refractivity contribution < 1.29 is 21.0 Å². The number of benzene rings is 1. The fraction of sp³-hybridized carbons (Fsp3) is 0.455. The molecule has 100 valence electrons. The van der Waals surface area contributed by atoms with Gasteiger partial charge in [0, 0.05) is 0 Å². The van der Waals surface area contributed by atoms with Gasteiger partial charge in [-0.25, -0.2) is 8.42 Å². The van der Waals surface area contributed by atoms with Gasteiger partial charge in [-0.15, -0.1) is 0 Å². The zero-order chi connectivity index (χ0) is 13.2. The van der Waals surface area contributed by atoms with Crippen LogP contribution in [0.3, 0.4) is 0 Å². The van der Waals surface area contributed by atoms with Gasteiger partial charge in [0.2, 0.25) is 0 Å². The van der Waals surface area contributed by atoms with Gasteiger partial charge in [-0.1, -0.05) is 18.2 Å². The van der Waals surface area contributed by atoms with Gasteiger partial charge in [0.25, 0.3) is 10.1 Å². The summed E-state index contributed by atoms with van der Waals surface area (Å²) in [5.74, 6) is -0.0996. The van der Waals surface area contributed by atoms with Gasteiger partial charge in [0.05, 0.1) is 23.0 Å². The highest BCUT2D eigenvalue weighted by atomic mass is 32.2. The summed E-state index contributed by atoms with van der Waals surface area (Å²) in [4.78, 5) is 0.0888. The van der Waals surface area contributed by atoms with E-state index in [1.165, 1.54) is 12.1 Å². The van der Waals surface area contributed by atoms with Crippen molar-refractivity contribution in [3.63, 3.8) is 0 Å². The molecule has 5 nitrogen and oxygen atoms in total. The first-order chi connectivity index (χ1) is 8.39. The molecule has 0 unspecified atom stereocenters. The molecule has 7 heteroatoms. The molecule has 1 aromatic rings. The molecular weight excluding hydrogens is 276 g/mol. The van der Waals surface area contributed by atoms with Crippen LogP contribution in [0.25, 0.3) is 0 Å². The van der Waals surface area contributed by atoms with E-state index < -0.39 is 20.0 Å². The summed E-state index contributed by atoms with van der Waals surface area (Å²) < 4.78 is 50.9. The van der Waals surface area contributed by atoms with E-state index in [1.807, 2.05) is 0 Å². The predicted molar refractivity (Wildman–Crippen MR) is 66.3 cm³/mol. The van der Waals surface area contributed by atoms with Crippen molar-refractivity contribution in [2.24, 2.45) is 5.92 Å². The molecule has 0 radical (unpaired) electrons. The fourth-order valence-electron chi connectivity index (χ4n) is 1.84. The average molecular weight is 290 g/mol. The summed E-state index contributed by atoms with van der Waals surface area (Å²) in [5, 5.41) is 0. The second-order valence-corrected chi connectivity index (χ2v) is 8.16. The third-order valence-electron chi connectivity index (χ3n) is 2.82. The maximum atomic E-state index is 11.8. The Morgan fingerprint density at radius 2 is 1.89 bits per heavy atom. The lowest BCUT2D eigenvalue weighted by Gasteiger charge is -2.09. The molecule has 1 heterocycles. The molecule has 1 aliphatic heterocycles. The summed E-state index contributed by atoms with van der Waals surface area (Å²) in [7, 11) is -6.78. The van der Waals surface area contributed by atoms with Crippen molar-refractivity contribution in [3.8, 4) is 0 Å². The van der Waals surface area contributed by atoms with Crippen LogP contribution in [0, 0.1) is 5.92 Å². The lowest BCUT2D eigenvalue weighted by molar-refractivity contribution is 0.268. The summed E-state index contributed by atoms with van der Waals surface area (Å²) in [6, 6.07) is 7.82. The number of hydrogen-bond acceptors (Lipinski definition) is 5. The van der Waals surface area contributed by atoms with Crippen molar-refractivity contribution >= 4 is 20.0 Å². The zero-order valence-electron chi connectivity index (χ0n) is 9.65. The molecule has 2 rings (SSSR count). The second-order valence-electron chi connectivity index (χ2n) is 4.32. The largest absolute Gasteiger partial charge is 0.296 e. The topological polar surface area (TPSA) is 77.5 Å². The third kappa shape index (κ3) is 3.30. The third-order valence-corrected chi connectivity index (χ3v) is 5.95. The first-order valence-electron chi connectivity index (χ1n) is 5.54. The lowest BCUT2D eigenvalue weighted by Crippen LogP contribution is -2.15. The highest BCUT2D eigenvalue weighted by Gasteiger charge is 2.29. The Kier molecular flexibility index (Phi) is 3.74. The first-order valence-corrected chi connectivity index (χ1v) is 8.77. The first kappa shape index (κ1) is 13.5. The van der Waals surface area contributed by atoms with E-state index in [1.54, 1.807) is 18.2 Å². The van der Waals surface area contributed by atoms with E-state index >= 15 is 0 Å². The Labute approximate surface area is 107 Å². The molecule has 0 aromatic heterocycles. The van der Waals surface area contributed by atoms with E-state index in [2.05, 4.69) is 0 Å². The Bertz CT molecular complexity index is 604. The molecule has 1 fully saturated rings. The monoisotopic (exact) mass is 290 g/mol. The highest BCUT2D eigenvalue weighted by Crippen LogP contribution is 2.20. The lowest BCUT2D eigenvalue weighted by atomic mass is 10.1. The molecule has 1 atom stereocenters. The van der Waals surface area contributed by atoms with E-state index in [4.69, 9.17) is 4.18 Å². The van der Waals surface area contributed by atoms with Crippen molar-refractivity contribution in [2.75, 3.05) is 18.1 Å². The van der Waals surface area contributed by atoms with E-state index in [-0.39, 0.29) is 28.9 Å². The molecule has 1 aliphatic rings. The van der Waals surface area contributed by atoms with Crippen LogP contribution in [-0.4, -0.2) is 34.9 Å². The van der Waals surface area contributed by atoms with Gasteiger partial charge in [-0.2, -0.15) is 8.42 Å². The molecule has 1 saturated heterocycles. The minimum absolute atomic E-state index is 0.0112. The van der Waals surface area contributed by atoms with Gasteiger partial charge in [-0.3, -0.25) is 4.18 Å². The summed E-state index contributed by atoms with van der Waals surface area (Å²) >= 11 is 0. The van der Waals surface area contributed by atoms with E-state index in [9.17, 15) is 16.8 Å². The van der Waals surface area contributed by atoms with Crippen molar-refractivity contribution in [1.82, 2.24) is 0 Å². The average Bonchev–Trinajstić information content (AvgIpc) is 2.68. The summed E-state index contributed by atoms with van der Waals surface area (Å²) in [5.41, 5.74) is 0. The number of sulfone groups is 1. The second kappa shape index (κ2) is 4.99. The molecule has 0 aliphatic carbocycles. The Hall–Kier alpha value is -0.920. The smallest absolute Gasteiger partial charge is 0.266 e. The van der Waals surface area contributed by atoms with E-state index in [0.29, 0.717) is 6.42 Å². The fourth-order valence-corrected chi connectivity index (χ4v) is 4.68. The molecule has 0 spiro atoms. The van der Waals surface area contributed by atoms with Gasteiger partial charge in [0.1, 0.15) is 0 Å². The van der Waals surface area contributed by atoms with Crippen LogP contribution in [0.4, 0.5) is 0 Å². The normalized spacial score (nSPS) is 23.0. The molecule has 0 amide bonds. The molecule has 0 saturated carbocycles. The van der Waals surface area contributed by atoms with Crippen LogP contribution in [-0.2, 0) is 24.1 Å². The molecule has 1 aromatic carbocycles. The predicted octanol–water partition coefficient (Wildman–Crippen LogP) is 0.827. The van der Waals surface area contributed by atoms with Gasteiger partial charge in [-0.05, 0) is 24.5 Å². The Morgan fingerprint density at radius 1 is 1.22 bits per heavy atom. The van der Waals surface area contributed by atoms with Crippen molar-refractivity contribution in [2.45, 2.75) is 11.3 Å². The Morgan fingerprint density at radius 3 is 2.44 bits per heavy atom.